The Hall–Kier alpha value is -1.92. The Kier molecular flexibility index (Phi) is 10.7. The number of ether oxygens (including phenoxy) is 2. The van der Waals surface area contributed by atoms with Gasteiger partial charge in [-0.05, 0) is 25.8 Å². The van der Waals surface area contributed by atoms with Gasteiger partial charge in [-0.1, -0.05) is 30.3 Å². The fourth-order valence-corrected chi connectivity index (χ4v) is 1.79. The zero-order valence-electron chi connectivity index (χ0n) is 14.1. The van der Waals surface area contributed by atoms with Crippen LogP contribution in [0.3, 0.4) is 0 Å². The lowest BCUT2D eigenvalue weighted by Crippen LogP contribution is -2.29. The molecule has 0 spiro atoms. The van der Waals surface area contributed by atoms with Crippen LogP contribution in [0.4, 0.5) is 0 Å². The molecule has 6 heteroatoms. The van der Waals surface area contributed by atoms with Crippen molar-refractivity contribution in [1.29, 1.82) is 0 Å². The number of aliphatic hydroxyl groups excluding tert-OH is 2. The van der Waals surface area contributed by atoms with E-state index in [1.165, 1.54) is 21.1 Å². The molecule has 0 saturated heterocycles. The summed E-state index contributed by atoms with van der Waals surface area (Å²) in [6, 6.07) is 9.59. The van der Waals surface area contributed by atoms with Gasteiger partial charge in [0.15, 0.2) is 0 Å². The molecule has 0 unspecified atom stereocenters. The van der Waals surface area contributed by atoms with Crippen LogP contribution >= 0.6 is 0 Å². The van der Waals surface area contributed by atoms with E-state index in [-0.39, 0.29) is 18.4 Å². The molecule has 3 atom stereocenters. The van der Waals surface area contributed by atoms with Crippen molar-refractivity contribution in [1.82, 2.24) is 0 Å². The van der Waals surface area contributed by atoms with E-state index in [0.29, 0.717) is 6.42 Å². The number of benzene rings is 1. The molecular weight excluding hydrogens is 300 g/mol. The summed E-state index contributed by atoms with van der Waals surface area (Å²) in [6.45, 7) is 3.14. The number of methoxy groups -OCH3 is 2. The van der Waals surface area contributed by atoms with Crippen molar-refractivity contribution in [2.75, 3.05) is 14.2 Å². The minimum absolute atomic E-state index is 0.0799. The average Bonchev–Trinajstić information content (AvgIpc) is 2.52. The quantitative estimate of drug-likeness (QED) is 0.766. The number of rotatable bonds is 6. The molecule has 0 bridgehead atoms. The van der Waals surface area contributed by atoms with Crippen molar-refractivity contribution < 1.29 is 29.3 Å². The van der Waals surface area contributed by atoms with Gasteiger partial charge in [0.25, 0.3) is 0 Å². The summed E-state index contributed by atoms with van der Waals surface area (Å²) in [5, 5.41) is 18.0. The fraction of sp³-hybridized carbons (Fsp3) is 0.529. The lowest BCUT2D eigenvalue weighted by molar-refractivity contribution is -0.149. The second kappa shape index (κ2) is 11.6. The van der Waals surface area contributed by atoms with Crippen LogP contribution in [-0.2, 0) is 25.5 Å². The first-order valence-corrected chi connectivity index (χ1v) is 7.36. The van der Waals surface area contributed by atoms with Crippen LogP contribution in [0.5, 0.6) is 0 Å². The highest BCUT2D eigenvalue weighted by Crippen LogP contribution is 2.14. The highest BCUT2D eigenvalue weighted by molar-refractivity contribution is 5.73. The minimum atomic E-state index is -0.697. The molecule has 0 aliphatic carbocycles. The molecular formula is C17H26O6. The first-order valence-electron chi connectivity index (χ1n) is 7.36. The van der Waals surface area contributed by atoms with Crippen molar-refractivity contribution in [3.8, 4) is 0 Å². The molecule has 0 heterocycles. The van der Waals surface area contributed by atoms with Gasteiger partial charge >= 0.3 is 11.9 Å². The first kappa shape index (κ1) is 21.1. The van der Waals surface area contributed by atoms with E-state index in [9.17, 15) is 14.7 Å². The average molecular weight is 326 g/mol. The van der Waals surface area contributed by atoms with Crippen molar-refractivity contribution in [3.05, 3.63) is 35.9 Å². The van der Waals surface area contributed by atoms with E-state index in [4.69, 9.17) is 5.11 Å². The summed E-state index contributed by atoms with van der Waals surface area (Å²) in [5.74, 6) is -1.23. The Bertz CT molecular complexity index is 455. The van der Waals surface area contributed by atoms with E-state index in [1.54, 1.807) is 6.92 Å². The Balaban J connectivity index is 0.000000515. The number of hydrogen-bond acceptors (Lipinski definition) is 6. The van der Waals surface area contributed by atoms with E-state index in [0.717, 1.165) is 5.56 Å². The molecule has 0 fully saturated rings. The predicted octanol–water partition coefficient (Wildman–Crippen LogP) is 1.33. The maximum atomic E-state index is 11.4. The van der Waals surface area contributed by atoms with Crippen molar-refractivity contribution in [3.63, 3.8) is 0 Å². The van der Waals surface area contributed by atoms with Crippen LogP contribution in [0.25, 0.3) is 0 Å². The fourth-order valence-electron chi connectivity index (χ4n) is 1.79. The third kappa shape index (κ3) is 9.65. The molecule has 0 saturated carbocycles. The van der Waals surface area contributed by atoms with Crippen LogP contribution in [0.2, 0.25) is 0 Å². The van der Waals surface area contributed by atoms with E-state index >= 15 is 0 Å². The number of carbonyl (C=O) groups is 2. The molecule has 0 aliphatic rings. The lowest BCUT2D eigenvalue weighted by Gasteiger charge is -2.17. The van der Waals surface area contributed by atoms with Gasteiger partial charge in [-0.15, -0.1) is 0 Å². The summed E-state index contributed by atoms with van der Waals surface area (Å²) >= 11 is 0. The normalized spacial score (nSPS) is 13.8. The third-order valence-corrected chi connectivity index (χ3v) is 3.07. The van der Waals surface area contributed by atoms with E-state index < -0.39 is 18.1 Å². The van der Waals surface area contributed by atoms with Gasteiger partial charge in [-0.3, -0.25) is 9.59 Å². The van der Waals surface area contributed by atoms with Crippen LogP contribution in [0, 0.1) is 5.92 Å². The highest BCUT2D eigenvalue weighted by Gasteiger charge is 2.24. The van der Waals surface area contributed by atoms with Crippen molar-refractivity contribution in [2.24, 2.45) is 5.92 Å². The summed E-state index contributed by atoms with van der Waals surface area (Å²) in [4.78, 5) is 21.6. The number of hydrogen-bond donors (Lipinski definition) is 2. The largest absolute Gasteiger partial charge is 0.469 e. The van der Waals surface area contributed by atoms with Crippen molar-refractivity contribution in [2.45, 2.75) is 38.9 Å². The SMILES string of the molecule is COC(=O)C[C@H](C)O.COC(=O)[C@@H](Cc1ccccc1)[C@H](C)O. The van der Waals surface area contributed by atoms with Gasteiger partial charge in [0, 0.05) is 0 Å². The topological polar surface area (TPSA) is 93.1 Å². The summed E-state index contributed by atoms with van der Waals surface area (Å²) in [6.07, 6.45) is -0.707. The molecule has 130 valence electrons. The molecule has 0 aliphatic heterocycles. The van der Waals surface area contributed by atoms with E-state index in [2.05, 4.69) is 9.47 Å². The Labute approximate surface area is 137 Å². The molecule has 6 nitrogen and oxygen atoms in total. The maximum absolute atomic E-state index is 11.4. The minimum Gasteiger partial charge on any atom is -0.469 e. The molecule has 2 N–H and O–H groups in total. The zero-order valence-corrected chi connectivity index (χ0v) is 14.1. The van der Waals surface area contributed by atoms with Crippen LogP contribution in [0.1, 0.15) is 25.8 Å². The number of aliphatic hydroxyl groups is 2. The van der Waals surface area contributed by atoms with Crippen LogP contribution in [0.15, 0.2) is 30.3 Å². The molecule has 0 radical (unpaired) electrons. The highest BCUT2D eigenvalue weighted by atomic mass is 16.5. The second-order valence-corrected chi connectivity index (χ2v) is 5.19. The first-order chi connectivity index (χ1) is 10.8. The van der Waals surface area contributed by atoms with Crippen LogP contribution in [-0.4, -0.2) is 48.6 Å². The Morgan fingerprint density at radius 3 is 1.96 bits per heavy atom. The smallest absolute Gasteiger partial charge is 0.311 e. The summed E-state index contributed by atoms with van der Waals surface area (Å²) in [5.41, 5.74) is 1.02. The second-order valence-electron chi connectivity index (χ2n) is 5.19. The molecule has 1 aromatic carbocycles. The lowest BCUT2D eigenvalue weighted by atomic mass is 9.95. The third-order valence-electron chi connectivity index (χ3n) is 3.07. The van der Waals surface area contributed by atoms with Gasteiger partial charge in [0.1, 0.15) is 0 Å². The van der Waals surface area contributed by atoms with Gasteiger partial charge in [0.05, 0.1) is 38.8 Å². The van der Waals surface area contributed by atoms with E-state index in [1.807, 2.05) is 30.3 Å². The zero-order chi connectivity index (χ0) is 17.8. The van der Waals surface area contributed by atoms with Crippen LogP contribution < -0.4 is 0 Å². The number of esters is 2. The molecule has 1 aromatic rings. The molecule has 0 aromatic heterocycles. The summed E-state index contributed by atoms with van der Waals surface area (Å²) in [7, 11) is 2.63. The number of carbonyl (C=O) groups excluding carboxylic acids is 2. The molecule has 23 heavy (non-hydrogen) atoms. The maximum Gasteiger partial charge on any atom is 0.311 e. The molecule has 0 amide bonds. The van der Waals surface area contributed by atoms with Gasteiger partial charge in [0.2, 0.25) is 0 Å². The Morgan fingerprint density at radius 1 is 1.04 bits per heavy atom. The van der Waals surface area contributed by atoms with Gasteiger partial charge < -0.3 is 19.7 Å². The monoisotopic (exact) mass is 326 g/mol. The molecule has 1 rings (SSSR count). The Morgan fingerprint density at radius 2 is 1.61 bits per heavy atom. The predicted molar refractivity (Wildman–Crippen MR) is 85.6 cm³/mol. The van der Waals surface area contributed by atoms with Crippen molar-refractivity contribution >= 4 is 11.9 Å². The van der Waals surface area contributed by atoms with Gasteiger partial charge in [-0.25, -0.2) is 0 Å². The summed E-state index contributed by atoms with van der Waals surface area (Å²) < 4.78 is 8.91. The standard InChI is InChI=1S/C12H16O3.C5H10O3/c1-9(13)11(12(14)15-2)8-10-6-4-3-5-7-10;1-4(6)3-5(7)8-2/h3-7,9,11,13H,8H2,1-2H3;4,6H,3H2,1-2H3/t9-,11-;4-/m00/s1. The van der Waals surface area contributed by atoms with Gasteiger partial charge in [-0.2, -0.15) is 0 Å².